The normalized spacial score (nSPS) is 19.7. The number of carboxylic acid groups (broad SMARTS) is 1. The number of rotatable bonds is 3. The van der Waals surface area contributed by atoms with Crippen molar-refractivity contribution in [3.8, 4) is 0 Å². The number of ether oxygens (including phenoxy) is 1. The van der Waals surface area contributed by atoms with Gasteiger partial charge in [-0.1, -0.05) is 0 Å². The second kappa shape index (κ2) is 9.33. The van der Waals surface area contributed by atoms with E-state index >= 15 is 0 Å². The van der Waals surface area contributed by atoms with Crippen LogP contribution in [0.4, 0.5) is 13.2 Å². The Morgan fingerprint density at radius 3 is 2.61 bits per heavy atom. The Balaban J connectivity index is 0.000000383. The van der Waals surface area contributed by atoms with Gasteiger partial charge in [-0.15, -0.1) is 0 Å². The first kappa shape index (κ1) is 24.4. The number of cyclic esters (lactones) is 1. The Hall–Kier alpha value is -3.22. The van der Waals surface area contributed by atoms with Crippen LogP contribution in [-0.4, -0.2) is 69.6 Å². The van der Waals surface area contributed by atoms with Gasteiger partial charge < -0.3 is 20.5 Å². The predicted octanol–water partition coefficient (Wildman–Crippen LogP) is 1.33. The molecule has 0 radical (unpaired) electrons. The van der Waals surface area contributed by atoms with Crippen molar-refractivity contribution in [1.29, 1.82) is 0 Å². The van der Waals surface area contributed by atoms with Crippen LogP contribution in [0.3, 0.4) is 0 Å². The summed E-state index contributed by atoms with van der Waals surface area (Å²) in [6.45, 7) is 3.85. The predicted molar refractivity (Wildman–Crippen MR) is 108 cm³/mol. The highest BCUT2D eigenvalue weighted by molar-refractivity contribution is 6.05. The van der Waals surface area contributed by atoms with E-state index in [0.29, 0.717) is 29.6 Å². The fourth-order valence-corrected chi connectivity index (χ4v) is 3.99. The van der Waals surface area contributed by atoms with Crippen LogP contribution in [0.15, 0.2) is 12.3 Å². The van der Waals surface area contributed by atoms with Crippen LogP contribution in [-0.2, 0) is 21.4 Å². The van der Waals surface area contributed by atoms with Gasteiger partial charge in [0.25, 0.3) is 5.91 Å². The smallest absolute Gasteiger partial charge is 0.475 e. The van der Waals surface area contributed by atoms with E-state index in [2.05, 4.69) is 20.7 Å². The van der Waals surface area contributed by atoms with Crippen LogP contribution in [0.5, 0.6) is 0 Å². The molecule has 1 unspecified atom stereocenters. The fraction of sp³-hybridized carbons (Fsp3) is 0.550. The number of hydrogen-bond acceptors (Lipinski definition) is 7. The lowest BCUT2D eigenvalue weighted by molar-refractivity contribution is -0.192. The largest absolute Gasteiger partial charge is 0.490 e. The summed E-state index contributed by atoms with van der Waals surface area (Å²) in [7, 11) is 1.80. The second-order valence-electron chi connectivity index (χ2n) is 8.09. The van der Waals surface area contributed by atoms with Crippen LogP contribution in [0.25, 0.3) is 11.0 Å². The summed E-state index contributed by atoms with van der Waals surface area (Å²) in [5.41, 5.74) is 1.61. The third-order valence-electron chi connectivity index (χ3n) is 5.70. The van der Waals surface area contributed by atoms with Gasteiger partial charge in [0.1, 0.15) is 6.10 Å². The number of piperidine rings is 1. The SMILES string of the molecule is Cc1cc(C(=O)NCC2CC3(CCNCC3)C(=O)O2)c2cnn(C)c2n1.O=C(O)C(F)(F)F. The minimum absolute atomic E-state index is 0.118. The minimum Gasteiger partial charge on any atom is -0.475 e. The Morgan fingerprint density at radius 2 is 2.00 bits per heavy atom. The quantitative estimate of drug-likeness (QED) is 0.571. The van der Waals surface area contributed by atoms with Gasteiger partial charge in [0.15, 0.2) is 5.65 Å². The zero-order valence-corrected chi connectivity index (χ0v) is 18.0. The van der Waals surface area contributed by atoms with Crippen LogP contribution in [0.2, 0.25) is 0 Å². The van der Waals surface area contributed by atoms with Crippen molar-refractivity contribution in [2.24, 2.45) is 12.5 Å². The van der Waals surface area contributed by atoms with Crippen LogP contribution < -0.4 is 10.6 Å². The second-order valence-corrected chi connectivity index (χ2v) is 8.09. The van der Waals surface area contributed by atoms with Gasteiger partial charge in [0, 0.05) is 19.2 Å². The first-order valence-electron chi connectivity index (χ1n) is 10.2. The fourth-order valence-electron chi connectivity index (χ4n) is 3.99. The topological polar surface area (TPSA) is 135 Å². The lowest BCUT2D eigenvalue weighted by Crippen LogP contribution is -2.39. The summed E-state index contributed by atoms with van der Waals surface area (Å²) in [6.07, 6.45) is -1.43. The standard InChI is InChI=1S/C18H23N5O3.C2HF3O2/c1-11-7-13(14-10-21-23(2)15(14)22-11)16(24)20-9-12-8-18(17(25)26-12)3-5-19-6-4-18;3-2(4,5)1(6)7/h7,10,12,19H,3-6,8-9H2,1-2H3,(H,20,24);(H,6,7). The zero-order valence-electron chi connectivity index (χ0n) is 18.0. The molecule has 1 spiro atoms. The van der Waals surface area contributed by atoms with Crippen molar-refractivity contribution < 1.29 is 37.4 Å². The molecule has 2 aromatic rings. The Labute approximate surface area is 186 Å². The summed E-state index contributed by atoms with van der Waals surface area (Å²) < 4.78 is 38.9. The van der Waals surface area contributed by atoms with Gasteiger partial charge in [0.2, 0.25) is 0 Å². The Kier molecular flexibility index (Phi) is 6.91. The summed E-state index contributed by atoms with van der Waals surface area (Å²) in [6, 6.07) is 1.76. The number of carbonyl (C=O) groups is 3. The number of carboxylic acids is 1. The van der Waals surface area contributed by atoms with Crippen LogP contribution >= 0.6 is 0 Å². The number of pyridine rings is 1. The first-order chi connectivity index (χ1) is 15.4. The number of esters is 1. The molecule has 33 heavy (non-hydrogen) atoms. The molecule has 10 nitrogen and oxygen atoms in total. The van der Waals surface area contributed by atoms with Crippen molar-refractivity contribution in [2.75, 3.05) is 19.6 Å². The van der Waals surface area contributed by atoms with Gasteiger partial charge in [-0.3, -0.25) is 14.3 Å². The zero-order chi connectivity index (χ0) is 24.4. The van der Waals surface area contributed by atoms with Gasteiger partial charge in [-0.2, -0.15) is 18.3 Å². The number of alkyl halides is 3. The molecule has 2 aromatic heterocycles. The van der Waals surface area contributed by atoms with Gasteiger partial charge in [-0.25, -0.2) is 9.78 Å². The molecule has 2 aliphatic rings. The number of halogens is 3. The molecule has 1 atom stereocenters. The van der Waals surface area contributed by atoms with Crippen molar-refractivity contribution in [3.05, 3.63) is 23.5 Å². The molecule has 0 aliphatic carbocycles. The lowest BCUT2D eigenvalue weighted by atomic mass is 9.76. The van der Waals surface area contributed by atoms with Crippen molar-refractivity contribution >= 4 is 28.9 Å². The van der Waals surface area contributed by atoms with Crippen molar-refractivity contribution in [2.45, 2.75) is 38.5 Å². The minimum atomic E-state index is -5.08. The molecule has 2 aliphatic heterocycles. The van der Waals surface area contributed by atoms with Gasteiger partial charge in [-0.05, 0) is 38.9 Å². The third kappa shape index (κ3) is 5.41. The Bertz CT molecular complexity index is 1060. The summed E-state index contributed by atoms with van der Waals surface area (Å²) in [5.74, 6) is -3.07. The van der Waals surface area contributed by atoms with E-state index in [1.165, 1.54) is 0 Å². The molecule has 2 saturated heterocycles. The summed E-state index contributed by atoms with van der Waals surface area (Å²) in [5, 5.41) is 18.2. The molecule has 4 heterocycles. The number of hydrogen-bond donors (Lipinski definition) is 3. The molecule has 1 amide bonds. The lowest BCUT2D eigenvalue weighted by Gasteiger charge is -2.29. The average Bonchev–Trinajstić information content (AvgIpc) is 3.26. The van der Waals surface area contributed by atoms with E-state index in [4.69, 9.17) is 14.6 Å². The monoisotopic (exact) mass is 471 g/mol. The third-order valence-corrected chi connectivity index (χ3v) is 5.70. The number of nitrogens with zero attached hydrogens (tertiary/aromatic N) is 3. The number of aliphatic carboxylic acids is 1. The number of nitrogens with one attached hydrogen (secondary N) is 2. The summed E-state index contributed by atoms with van der Waals surface area (Å²) in [4.78, 5) is 38.3. The number of fused-ring (bicyclic) bond motifs is 1. The summed E-state index contributed by atoms with van der Waals surface area (Å²) >= 11 is 0. The molecule has 0 bridgehead atoms. The van der Waals surface area contributed by atoms with Crippen molar-refractivity contribution in [1.82, 2.24) is 25.4 Å². The van der Waals surface area contributed by atoms with Crippen molar-refractivity contribution in [3.63, 3.8) is 0 Å². The van der Waals surface area contributed by atoms with E-state index < -0.39 is 12.1 Å². The highest BCUT2D eigenvalue weighted by atomic mass is 19.4. The molecular weight excluding hydrogens is 447 g/mol. The van der Waals surface area contributed by atoms with E-state index in [9.17, 15) is 22.8 Å². The highest BCUT2D eigenvalue weighted by Crippen LogP contribution is 2.41. The number of carbonyl (C=O) groups excluding carboxylic acids is 2. The molecule has 0 saturated carbocycles. The molecule has 3 N–H and O–H groups in total. The van der Waals surface area contributed by atoms with Crippen LogP contribution in [0, 0.1) is 12.3 Å². The molecule has 2 fully saturated rings. The number of aromatic nitrogens is 3. The maximum absolute atomic E-state index is 12.7. The maximum atomic E-state index is 12.7. The molecule has 180 valence electrons. The van der Waals surface area contributed by atoms with E-state index in [1.807, 2.05) is 6.92 Å². The van der Waals surface area contributed by atoms with Gasteiger partial charge >= 0.3 is 18.1 Å². The molecular formula is C20H24F3N5O5. The molecule has 4 rings (SSSR count). The van der Waals surface area contributed by atoms with E-state index in [1.54, 1.807) is 24.0 Å². The first-order valence-corrected chi connectivity index (χ1v) is 10.2. The van der Waals surface area contributed by atoms with Gasteiger partial charge in [0.05, 0.1) is 29.1 Å². The number of aryl methyl sites for hydroxylation is 2. The average molecular weight is 471 g/mol. The highest BCUT2D eigenvalue weighted by Gasteiger charge is 2.49. The number of amides is 1. The van der Waals surface area contributed by atoms with Crippen LogP contribution in [0.1, 0.15) is 35.3 Å². The Morgan fingerprint density at radius 1 is 1.36 bits per heavy atom. The van der Waals surface area contributed by atoms with E-state index in [0.717, 1.165) is 31.6 Å². The molecule has 13 heteroatoms. The maximum Gasteiger partial charge on any atom is 0.490 e. The van der Waals surface area contributed by atoms with E-state index in [-0.39, 0.29) is 23.4 Å². The molecule has 0 aromatic carbocycles.